The van der Waals surface area contributed by atoms with E-state index in [2.05, 4.69) is 20.7 Å². The third-order valence-electron chi connectivity index (χ3n) is 6.42. The summed E-state index contributed by atoms with van der Waals surface area (Å²) in [6, 6.07) is 7.79. The third kappa shape index (κ3) is 4.11. The first-order valence-electron chi connectivity index (χ1n) is 10.4. The smallest absolute Gasteiger partial charge is 0.330 e. The van der Waals surface area contributed by atoms with E-state index in [4.69, 9.17) is 4.74 Å². The van der Waals surface area contributed by atoms with E-state index in [9.17, 15) is 9.90 Å². The number of hydrogen-bond acceptors (Lipinski definition) is 6. The average molecular weight is 408 g/mol. The summed E-state index contributed by atoms with van der Waals surface area (Å²) in [5.74, 6) is 1.37. The molecule has 2 bridgehead atoms. The lowest BCUT2D eigenvalue weighted by molar-refractivity contribution is -0.134. The molecule has 1 N–H and O–H groups in total. The molecule has 0 amide bonds. The van der Waals surface area contributed by atoms with E-state index in [0.29, 0.717) is 11.8 Å². The molecule has 6 heteroatoms. The van der Waals surface area contributed by atoms with Gasteiger partial charge in [-0.05, 0) is 61.1 Å². The molecule has 0 aliphatic carbocycles. The molecule has 158 valence electrons. The second-order valence-corrected chi connectivity index (χ2v) is 8.01. The van der Waals surface area contributed by atoms with Gasteiger partial charge in [-0.25, -0.2) is 4.79 Å². The molecular weight excluding hydrogens is 380 g/mol. The van der Waals surface area contributed by atoms with Gasteiger partial charge in [-0.3, -0.25) is 9.88 Å². The van der Waals surface area contributed by atoms with Crippen LogP contribution in [-0.2, 0) is 9.53 Å². The van der Waals surface area contributed by atoms with Gasteiger partial charge in [0.15, 0.2) is 0 Å². The fourth-order valence-corrected chi connectivity index (χ4v) is 4.80. The Hall–Kier alpha value is -2.70. The van der Waals surface area contributed by atoms with E-state index in [1.807, 2.05) is 30.3 Å². The summed E-state index contributed by atoms with van der Waals surface area (Å²) in [6.45, 7) is 1.92. The van der Waals surface area contributed by atoms with Crippen molar-refractivity contribution >= 4 is 16.9 Å². The Balaban J connectivity index is 1.50. The number of pyridine rings is 1. The van der Waals surface area contributed by atoms with Crippen LogP contribution in [0.3, 0.4) is 0 Å². The third-order valence-corrected chi connectivity index (χ3v) is 6.42. The zero-order valence-electron chi connectivity index (χ0n) is 17.4. The van der Waals surface area contributed by atoms with Crippen LogP contribution in [0.1, 0.15) is 24.5 Å². The van der Waals surface area contributed by atoms with Crippen molar-refractivity contribution in [3.05, 3.63) is 60.3 Å². The van der Waals surface area contributed by atoms with Gasteiger partial charge in [0.05, 0.1) is 25.8 Å². The fraction of sp³-hybridized carbons (Fsp3) is 0.417. The Morgan fingerprint density at radius 1 is 1.30 bits per heavy atom. The minimum Gasteiger partial charge on any atom is -0.497 e. The number of hydrogen-bond donors (Lipinski definition) is 1. The fourth-order valence-electron chi connectivity index (χ4n) is 4.80. The molecule has 5 atom stereocenters. The first kappa shape index (κ1) is 20.6. The number of aliphatic hydroxyl groups excluding tert-OH is 1. The van der Waals surface area contributed by atoms with E-state index in [1.54, 1.807) is 19.4 Å². The molecule has 3 fully saturated rings. The van der Waals surface area contributed by atoms with Gasteiger partial charge in [-0.2, -0.15) is 0 Å². The molecule has 1 unspecified atom stereocenters. The molecule has 0 radical (unpaired) electrons. The second kappa shape index (κ2) is 8.98. The van der Waals surface area contributed by atoms with Gasteiger partial charge >= 0.3 is 5.97 Å². The number of aliphatic hydroxyl groups is 1. The van der Waals surface area contributed by atoms with Crippen LogP contribution >= 0.6 is 0 Å². The molecule has 0 spiro atoms. The van der Waals surface area contributed by atoms with E-state index in [1.165, 1.54) is 13.2 Å². The SMILES string of the molecule is COC(=O)/C=C/C=C\[C@H]1CN2CC[C@H]1C[C@@H]2[C@@H](O)c1ccnc2ccc(OC)cc12. The molecule has 3 aliphatic heterocycles. The number of nitrogens with zero attached hydrogens (tertiary/aromatic N) is 2. The average Bonchev–Trinajstić information content (AvgIpc) is 2.80. The number of allylic oxidation sites excluding steroid dienone is 2. The number of esters is 1. The second-order valence-electron chi connectivity index (χ2n) is 8.01. The highest BCUT2D eigenvalue weighted by Crippen LogP contribution is 2.42. The van der Waals surface area contributed by atoms with Crippen LogP contribution in [0.2, 0.25) is 0 Å². The highest BCUT2D eigenvalue weighted by molar-refractivity contribution is 5.84. The predicted molar refractivity (Wildman–Crippen MR) is 115 cm³/mol. The van der Waals surface area contributed by atoms with Gasteiger partial charge in [0, 0.05) is 30.2 Å². The number of methoxy groups -OCH3 is 2. The molecular formula is C24H28N2O4. The zero-order chi connectivity index (χ0) is 21.1. The van der Waals surface area contributed by atoms with Crippen molar-refractivity contribution in [2.45, 2.75) is 25.0 Å². The van der Waals surface area contributed by atoms with Crippen LogP contribution in [0.25, 0.3) is 10.9 Å². The molecule has 5 rings (SSSR count). The lowest BCUT2D eigenvalue weighted by Crippen LogP contribution is -2.54. The number of ether oxygens (including phenoxy) is 2. The van der Waals surface area contributed by atoms with Crippen molar-refractivity contribution in [1.29, 1.82) is 0 Å². The maximum absolute atomic E-state index is 11.3. The van der Waals surface area contributed by atoms with Gasteiger partial charge in [0.1, 0.15) is 5.75 Å². The molecule has 4 heterocycles. The van der Waals surface area contributed by atoms with Crippen LogP contribution < -0.4 is 4.74 Å². The molecule has 6 nitrogen and oxygen atoms in total. The summed E-state index contributed by atoms with van der Waals surface area (Å²) in [4.78, 5) is 18.0. The van der Waals surface area contributed by atoms with Gasteiger partial charge < -0.3 is 14.6 Å². The first-order valence-corrected chi connectivity index (χ1v) is 10.4. The summed E-state index contributed by atoms with van der Waals surface area (Å²) >= 11 is 0. The highest BCUT2D eigenvalue weighted by Gasteiger charge is 2.42. The molecule has 0 saturated carbocycles. The maximum Gasteiger partial charge on any atom is 0.330 e. The van der Waals surface area contributed by atoms with E-state index in [-0.39, 0.29) is 12.0 Å². The number of rotatable bonds is 6. The maximum atomic E-state index is 11.3. The summed E-state index contributed by atoms with van der Waals surface area (Å²) in [5.41, 5.74) is 1.77. The Morgan fingerprint density at radius 2 is 2.17 bits per heavy atom. The van der Waals surface area contributed by atoms with Gasteiger partial charge in [-0.1, -0.05) is 18.2 Å². The van der Waals surface area contributed by atoms with Crippen molar-refractivity contribution in [2.24, 2.45) is 11.8 Å². The van der Waals surface area contributed by atoms with Crippen molar-refractivity contribution in [2.75, 3.05) is 27.3 Å². The Labute approximate surface area is 176 Å². The molecule has 3 saturated heterocycles. The zero-order valence-corrected chi connectivity index (χ0v) is 17.4. The van der Waals surface area contributed by atoms with Gasteiger partial charge in [-0.15, -0.1) is 0 Å². The van der Waals surface area contributed by atoms with Crippen LogP contribution in [0, 0.1) is 11.8 Å². The van der Waals surface area contributed by atoms with Crippen LogP contribution in [0.15, 0.2) is 54.8 Å². The molecule has 30 heavy (non-hydrogen) atoms. The number of fused-ring (bicyclic) bond motifs is 4. The summed E-state index contributed by atoms with van der Waals surface area (Å²) < 4.78 is 9.98. The van der Waals surface area contributed by atoms with E-state index in [0.717, 1.165) is 48.1 Å². The first-order chi connectivity index (χ1) is 14.6. The van der Waals surface area contributed by atoms with Crippen molar-refractivity contribution < 1.29 is 19.4 Å². The lowest BCUT2D eigenvalue weighted by atomic mass is 9.73. The quantitative estimate of drug-likeness (QED) is 0.449. The Morgan fingerprint density at radius 3 is 2.90 bits per heavy atom. The minimum atomic E-state index is -0.574. The number of aromatic nitrogens is 1. The normalized spacial score (nSPS) is 27.0. The van der Waals surface area contributed by atoms with E-state index >= 15 is 0 Å². The summed E-state index contributed by atoms with van der Waals surface area (Å²) in [7, 11) is 3.02. The standard InChI is InChI=1S/C24H28N2O4/c1-29-18-7-8-21-20(14-18)19(9-11-25-21)24(28)22-13-16-10-12-26(22)15-17(16)5-3-4-6-23(27)30-2/h3-9,11,14,16-17,22,24,28H,10,12-13,15H2,1-2H3/b5-3-,6-4+/t16-,17-,22+,24-/m0/s1. The summed E-state index contributed by atoms with van der Waals surface area (Å²) in [5, 5.41) is 12.3. The minimum absolute atomic E-state index is 0.0933. The monoisotopic (exact) mass is 408 g/mol. The molecule has 1 aromatic heterocycles. The van der Waals surface area contributed by atoms with E-state index < -0.39 is 6.10 Å². The van der Waals surface area contributed by atoms with Crippen LogP contribution in [0.5, 0.6) is 5.75 Å². The lowest BCUT2D eigenvalue weighted by Gasteiger charge is -2.50. The predicted octanol–water partition coefficient (Wildman–Crippen LogP) is 3.27. The molecule has 2 aromatic rings. The highest BCUT2D eigenvalue weighted by atomic mass is 16.5. The topological polar surface area (TPSA) is 71.9 Å². The Bertz CT molecular complexity index is 971. The van der Waals surface area contributed by atoms with Gasteiger partial charge in [0.25, 0.3) is 0 Å². The van der Waals surface area contributed by atoms with Crippen molar-refractivity contribution in [1.82, 2.24) is 9.88 Å². The largest absolute Gasteiger partial charge is 0.497 e. The molecule has 1 aromatic carbocycles. The number of carbonyl (C=O) groups is 1. The van der Waals surface area contributed by atoms with Crippen LogP contribution in [-0.4, -0.2) is 54.3 Å². The number of carbonyl (C=O) groups excluding carboxylic acids is 1. The van der Waals surface area contributed by atoms with Gasteiger partial charge in [0.2, 0.25) is 0 Å². The van der Waals surface area contributed by atoms with Crippen molar-refractivity contribution in [3.63, 3.8) is 0 Å². The number of benzene rings is 1. The Kier molecular flexibility index (Phi) is 6.16. The van der Waals surface area contributed by atoms with Crippen LogP contribution in [0.4, 0.5) is 0 Å². The summed E-state index contributed by atoms with van der Waals surface area (Å²) in [6.07, 6.45) is 10.5. The number of piperidine rings is 3. The molecule has 3 aliphatic rings. The van der Waals surface area contributed by atoms with Crippen molar-refractivity contribution in [3.8, 4) is 5.75 Å².